The van der Waals surface area contributed by atoms with Crippen molar-refractivity contribution in [2.24, 2.45) is 0 Å². The fourth-order valence-corrected chi connectivity index (χ4v) is 4.37. The topological polar surface area (TPSA) is 91.2 Å². The zero-order valence-electron chi connectivity index (χ0n) is 19.2. The van der Waals surface area contributed by atoms with E-state index in [1.54, 1.807) is 9.13 Å². The van der Waals surface area contributed by atoms with E-state index < -0.39 is 0 Å². The molecule has 4 rings (SSSR count). The van der Waals surface area contributed by atoms with Crippen LogP contribution in [0.25, 0.3) is 11.2 Å². The van der Waals surface area contributed by atoms with Crippen molar-refractivity contribution in [3.63, 3.8) is 0 Å². The number of anilines is 1. The lowest BCUT2D eigenvalue weighted by Gasteiger charge is -2.15. The quantitative estimate of drug-likeness (QED) is 0.488. The van der Waals surface area contributed by atoms with Gasteiger partial charge in [-0.2, -0.15) is 9.97 Å². The Hall–Kier alpha value is -2.87. The van der Waals surface area contributed by atoms with Crippen LogP contribution in [-0.2, 0) is 19.6 Å². The largest absolute Gasteiger partial charge is 0.463 e. The Bertz CT molecular complexity index is 1110. The van der Waals surface area contributed by atoms with Crippen LogP contribution in [0.4, 0.5) is 5.82 Å². The van der Waals surface area contributed by atoms with Gasteiger partial charge in [0.2, 0.25) is 0 Å². The van der Waals surface area contributed by atoms with E-state index in [1.807, 2.05) is 6.92 Å². The van der Waals surface area contributed by atoms with Crippen LogP contribution in [0.5, 0.6) is 6.01 Å². The minimum absolute atomic E-state index is 0.112. The fourth-order valence-electron chi connectivity index (χ4n) is 4.37. The summed E-state index contributed by atoms with van der Waals surface area (Å²) in [4.78, 5) is 24.7. The van der Waals surface area contributed by atoms with Crippen molar-refractivity contribution in [3.8, 4) is 6.01 Å². The lowest BCUT2D eigenvalue weighted by molar-refractivity contribution is 0.286. The van der Waals surface area contributed by atoms with Gasteiger partial charge in [0.25, 0.3) is 0 Å². The molecule has 1 aliphatic rings. The molecule has 32 heavy (non-hydrogen) atoms. The molecule has 0 spiro atoms. The maximum Gasteiger partial charge on any atom is 0.330 e. The fraction of sp³-hybridized carbons (Fsp3) is 0.542. The van der Waals surface area contributed by atoms with Gasteiger partial charge in [-0.05, 0) is 49.9 Å². The number of hydrogen-bond donors (Lipinski definition) is 1. The predicted octanol–water partition coefficient (Wildman–Crippen LogP) is 3.41. The maximum absolute atomic E-state index is 13.3. The SMILES string of the molecule is CCCCOc1nc(N)c2c(n1)n(Cc1cccc(CN3CCCC3)c1)c(=O)n2CCC. The third kappa shape index (κ3) is 4.80. The van der Waals surface area contributed by atoms with Gasteiger partial charge in [-0.25, -0.2) is 4.79 Å². The van der Waals surface area contributed by atoms with Gasteiger partial charge in [0.1, 0.15) is 5.52 Å². The lowest BCUT2D eigenvalue weighted by atomic mass is 10.1. The second-order valence-corrected chi connectivity index (χ2v) is 8.59. The van der Waals surface area contributed by atoms with E-state index in [0.29, 0.717) is 30.9 Å². The highest BCUT2D eigenvalue weighted by Gasteiger charge is 2.20. The van der Waals surface area contributed by atoms with Crippen molar-refractivity contribution in [1.82, 2.24) is 24.0 Å². The first-order chi connectivity index (χ1) is 15.6. The Kier molecular flexibility index (Phi) is 7.09. The molecule has 0 bridgehead atoms. The van der Waals surface area contributed by atoms with Crippen LogP contribution in [0.1, 0.15) is 57.1 Å². The van der Waals surface area contributed by atoms with Crippen LogP contribution in [0.3, 0.4) is 0 Å². The summed E-state index contributed by atoms with van der Waals surface area (Å²) in [6.45, 7) is 8.94. The molecule has 3 heterocycles. The number of nitrogen functional groups attached to an aromatic ring is 1. The molecule has 0 saturated carbocycles. The van der Waals surface area contributed by atoms with Crippen molar-refractivity contribution in [3.05, 3.63) is 45.9 Å². The Morgan fingerprint density at radius 1 is 1.03 bits per heavy atom. The minimum atomic E-state index is -0.112. The highest BCUT2D eigenvalue weighted by atomic mass is 16.5. The molecule has 0 atom stereocenters. The van der Waals surface area contributed by atoms with E-state index in [9.17, 15) is 4.79 Å². The number of ether oxygens (including phenoxy) is 1. The van der Waals surface area contributed by atoms with Crippen molar-refractivity contribution in [2.45, 2.75) is 65.6 Å². The zero-order valence-corrected chi connectivity index (χ0v) is 19.2. The summed E-state index contributed by atoms with van der Waals surface area (Å²) in [6.07, 6.45) is 5.29. The Morgan fingerprint density at radius 2 is 1.78 bits per heavy atom. The second-order valence-electron chi connectivity index (χ2n) is 8.59. The summed E-state index contributed by atoms with van der Waals surface area (Å²) in [6, 6.07) is 8.71. The number of benzene rings is 1. The van der Waals surface area contributed by atoms with Gasteiger partial charge in [0.05, 0.1) is 13.2 Å². The van der Waals surface area contributed by atoms with E-state index in [-0.39, 0.29) is 17.5 Å². The van der Waals surface area contributed by atoms with Crippen LogP contribution in [0, 0.1) is 0 Å². The molecule has 1 saturated heterocycles. The molecule has 0 unspecified atom stereocenters. The Labute approximate surface area is 189 Å². The molecule has 8 heteroatoms. The molecule has 172 valence electrons. The minimum Gasteiger partial charge on any atom is -0.463 e. The molecule has 1 aromatic carbocycles. The molecule has 0 radical (unpaired) electrons. The molecule has 0 aliphatic carbocycles. The summed E-state index contributed by atoms with van der Waals surface area (Å²) in [7, 11) is 0. The molecule has 2 aromatic heterocycles. The van der Waals surface area contributed by atoms with Gasteiger partial charge in [-0.3, -0.25) is 14.0 Å². The highest BCUT2D eigenvalue weighted by molar-refractivity contribution is 5.83. The van der Waals surface area contributed by atoms with Crippen LogP contribution >= 0.6 is 0 Å². The predicted molar refractivity (Wildman–Crippen MR) is 127 cm³/mol. The van der Waals surface area contributed by atoms with Crippen LogP contribution < -0.4 is 16.2 Å². The van der Waals surface area contributed by atoms with Crippen LogP contribution in [0.2, 0.25) is 0 Å². The summed E-state index contributed by atoms with van der Waals surface area (Å²) in [5, 5.41) is 0. The molecule has 1 aliphatic heterocycles. The van der Waals surface area contributed by atoms with Crippen LogP contribution in [0.15, 0.2) is 29.1 Å². The third-order valence-corrected chi connectivity index (χ3v) is 5.97. The molecule has 0 amide bonds. The smallest absolute Gasteiger partial charge is 0.330 e. The number of unbranched alkanes of at least 4 members (excludes halogenated alkanes) is 1. The van der Waals surface area contributed by atoms with E-state index in [4.69, 9.17) is 10.5 Å². The summed E-state index contributed by atoms with van der Waals surface area (Å²) < 4.78 is 9.10. The van der Waals surface area contributed by atoms with Crippen molar-refractivity contribution >= 4 is 17.0 Å². The number of nitrogens with zero attached hydrogens (tertiary/aromatic N) is 5. The number of aromatic nitrogens is 4. The van der Waals surface area contributed by atoms with Gasteiger partial charge in [-0.1, -0.05) is 44.5 Å². The first-order valence-corrected chi connectivity index (χ1v) is 11.8. The van der Waals surface area contributed by atoms with Gasteiger partial charge in [0.15, 0.2) is 11.5 Å². The average molecular weight is 439 g/mol. The molecular formula is C24H34N6O2. The molecule has 8 nitrogen and oxygen atoms in total. The Morgan fingerprint density at radius 3 is 2.50 bits per heavy atom. The monoisotopic (exact) mass is 438 g/mol. The number of likely N-dealkylation sites (tertiary alicyclic amines) is 1. The van der Waals surface area contributed by atoms with E-state index in [0.717, 1.165) is 44.5 Å². The van der Waals surface area contributed by atoms with Crippen molar-refractivity contribution in [1.29, 1.82) is 0 Å². The van der Waals surface area contributed by atoms with Gasteiger partial charge in [-0.15, -0.1) is 0 Å². The van der Waals surface area contributed by atoms with E-state index in [2.05, 4.69) is 46.1 Å². The zero-order chi connectivity index (χ0) is 22.5. The first kappa shape index (κ1) is 22.3. The maximum atomic E-state index is 13.3. The number of imidazole rings is 1. The highest BCUT2D eigenvalue weighted by Crippen LogP contribution is 2.22. The number of rotatable bonds is 10. The van der Waals surface area contributed by atoms with Gasteiger partial charge in [0, 0.05) is 13.1 Å². The summed E-state index contributed by atoms with van der Waals surface area (Å²) in [5.41, 5.74) is 9.63. The molecular weight excluding hydrogens is 404 g/mol. The van der Waals surface area contributed by atoms with Gasteiger partial charge < -0.3 is 10.5 Å². The van der Waals surface area contributed by atoms with E-state index >= 15 is 0 Å². The summed E-state index contributed by atoms with van der Waals surface area (Å²) in [5.74, 6) is 0.286. The van der Waals surface area contributed by atoms with Crippen molar-refractivity contribution in [2.75, 3.05) is 25.4 Å². The number of aryl methyl sites for hydroxylation is 1. The van der Waals surface area contributed by atoms with Crippen molar-refractivity contribution < 1.29 is 4.74 Å². The van der Waals surface area contributed by atoms with Gasteiger partial charge >= 0.3 is 11.7 Å². The normalized spacial score (nSPS) is 14.4. The van der Waals surface area contributed by atoms with Crippen LogP contribution in [-0.4, -0.2) is 43.7 Å². The molecule has 3 aromatic rings. The Balaban J connectivity index is 1.69. The second kappa shape index (κ2) is 10.2. The molecule has 1 fully saturated rings. The first-order valence-electron chi connectivity index (χ1n) is 11.8. The average Bonchev–Trinajstić information content (AvgIpc) is 3.37. The summed E-state index contributed by atoms with van der Waals surface area (Å²) >= 11 is 0. The third-order valence-electron chi connectivity index (χ3n) is 5.97. The lowest BCUT2D eigenvalue weighted by Crippen LogP contribution is -2.25. The number of fused-ring (bicyclic) bond motifs is 1. The molecule has 2 N–H and O–H groups in total. The number of hydrogen-bond acceptors (Lipinski definition) is 6. The number of nitrogens with two attached hydrogens (primary N) is 1. The van der Waals surface area contributed by atoms with E-state index in [1.165, 1.54) is 18.4 Å². The standard InChI is InChI=1S/C24H34N6O2/c1-3-5-14-32-23-26-21(25)20-22(27-23)30(24(31)29(20)11-4-2)17-19-10-8-9-18(15-19)16-28-12-6-7-13-28/h8-10,15H,3-7,11-14,16-17H2,1-2H3,(H2,25,26,27).